The van der Waals surface area contributed by atoms with Crippen LogP contribution in [0.1, 0.15) is 19.4 Å². The molecule has 1 aliphatic heterocycles. The van der Waals surface area contributed by atoms with Crippen molar-refractivity contribution >= 4 is 27.0 Å². The molecular formula is C11H11ClO3S. The van der Waals surface area contributed by atoms with Crippen molar-refractivity contribution in [1.29, 1.82) is 0 Å². The summed E-state index contributed by atoms with van der Waals surface area (Å²) < 4.78 is 23.6. The third-order valence-electron chi connectivity index (χ3n) is 2.48. The molecule has 2 rings (SSSR count). The van der Waals surface area contributed by atoms with Gasteiger partial charge in [-0.3, -0.25) is 0 Å². The maximum absolute atomic E-state index is 11.8. The Hall–Kier alpha value is -0.840. The number of hydrogen-bond donors (Lipinski definition) is 1. The van der Waals surface area contributed by atoms with Crippen LogP contribution < -0.4 is 0 Å². The first kappa shape index (κ1) is 11.6. The number of hydrogen-bond acceptors (Lipinski definition) is 3. The van der Waals surface area contributed by atoms with Gasteiger partial charge in [-0.1, -0.05) is 17.7 Å². The topological polar surface area (TPSA) is 54.4 Å². The molecule has 0 radical (unpaired) electrons. The van der Waals surface area contributed by atoms with Crippen molar-refractivity contribution in [3.8, 4) is 0 Å². The van der Waals surface area contributed by atoms with Gasteiger partial charge in [-0.15, -0.1) is 0 Å². The van der Waals surface area contributed by atoms with Crippen LogP contribution in [0.15, 0.2) is 28.5 Å². The molecule has 1 aromatic rings. The molecule has 0 spiro atoms. The minimum absolute atomic E-state index is 0.164. The van der Waals surface area contributed by atoms with Crippen molar-refractivity contribution in [3.05, 3.63) is 34.2 Å². The molecule has 5 heteroatoms. The second kappa shape index (κ2) is 3.32. The van der Waals surface area contributed by atoms with Crippen molar-refractivity contribution in [2.45, 2.75) is 24.3 Å². The van der Waals surface area contributed by atoms with E-state index in [1.807, 2.05) is 0 Å². The van der Waals surface area contributed by atoms with Gasteiger partial charge in [0.05, 0.1) is 10.5 Å². The van der Waals surface area contributed by atoms with Crippen LogP contribution in [0.5, 0.6) is 0 Å². The summed E-state index contributed by atoms with van der Waals surface area (Å²) in [4.78, 5) is 0.164. The molecule has 86 valence electrons. The SMILES string of the molecule is CC(C)(O)C1=CS(=O)(=O)c2cccc(Cl)c21. The summed E-state index contributed by atoms with van der Waals surface area (Å²) in [6.45, 7) is 3.07. The van der Waals surface area contributed by atoms with Crippen LogP contribution in [0, 0.1) is 0 Å². The highest BCUT2D eigenvalue weighted by atomic mass is 35.5. The highest BCUT2D eigenvalue weighted by Gasteiger charge is 2.35. The average molecular weight is 259 g/mol. The van der Waals surface area contributed by atoms with E-state index < -0.39 is 15.4 Å². The molecule has 16 heavy (non-hydrogen) atoms. The molecule has 1 N–H and O–H groups in total. The Morgan fingerprint density at radius 1 is 1.31 bits per heavy atom. The molecule has 0 saturated carbocycles. The van der Waals surface area contributed by atoms with E-state index in [1.54, 1.807) is 12.1 Å². The number of aliphatic hydroxyl groups is 1. The van der Waals surface area contributed by atoms with Gasteiger partial charge in [-0.2, -0.15) is 0 Å². The van der Waals surface area contributed by atoms with Crippen molar-refractivity contribution in [2.75, 3.05) is 0 Å². The Balaban J connectivity index is 2.82. The molecule has 0 atom stereocenters. The smallest absolute Gasteiger partial charge is 0.200 e. The van der Waals surface area contributed by atoms with Crippen molar-refractivity contribution in [1.82, 2.24) is 0 Å². The first-order valence-corrected chi connectivity index (χ1v) is 6.64. The van der Waals surface area contributed by atoms with Gasteiger partial charge in [0.25, 0.3) is 0 Å². The van der Waals surface area contributed by atoms with Gasteiger partial charge >= 0.3 is 0 Å². The minimum Gasteiger partial charge on any atom is -0.386 e. The summed E-state index contributed by atoms with van der Waals surface area (Å²) in [6, 6.07) is 4.69. The fourth-order valence-electron chi connectivity index (χ4n) is 1.73. The lowest BCUT2D eigenvalue weighted by atomic mass is 9.93. The second-order valence-electron chi connectivity index (χ2n) is 4.25. The van der Waals surface area contributed by atoms with Crippen molar-refractivity contribution < 1.29 is 13.5 Å². The molecule has 0 aromatic heterocycles. The summed E-state index contributed by atoms with van der Waals surface area (Å²) in [5.41, 5.74) is -0.478. The molecule has 3 nitrogen and oxygen atoms in total. The van der Waals surface area contributed by atoms with Gasteiger partial charge in [0.2, 0.25) is 9.84 Å². The van der Waals surface area contributed by atoms with E-state index in [4.69, 9.17) is 11.6 Å². The van der Waals surface area contributed by atoms with Crippen LogP contribution in [-0.2, 0) is 9.84 Å². The fourth-order valence-corrected chi connectivity index (χ4v) is 3.68. The van der Waals surface area contributed by atoms with E-state index in [1.165, 1.54) is 19.9 Å². The van der Waals surface area contributed by atoms with E-state index in [9.17, 15) is 13.5 Å². The standard InChI is InChI=1S/C11H11ClO3S/c1-11(2,13)7-6-16(14,15)9-5-3-4-8(12)10(7)9/h3-6,13H,1-2H3. The Morgan fingerprint density at radius 3 is 2.50 bits per heavy atom. The minimum atomic E-state index is -3.47. The zero-order chi connectivity index (χ0) is 12.1. The summed E-state index contributed by atoms with van der Waals surface area (Å²) in [7, 11) is -3.47. The zero-order valence-electron chi connectivity index (χ0n) is 8.86. The number of halogens is 1. The Morgan fingerprint density at radius 2 is 1.94 bits per heavy atom. The van der Waals surface area contributed by atoms with Crippen LogP contribution in [0.3, 0.4) is 0 Å². The summed E-state index contributed by atoms with van der Waals surface area (Å²) >= 11 is 5.98. The normalized spacial score (nSPS) is 18.1. The lowest BCUT2D eigenvalue weighted by Crippen LogP contribution is -2.20. The molecule has 0 aliphatic carbocycles. The average Bonchev–Trinajstić information content (AvgIpc) is 2.39. The zero-order valence-corrected chi connectivity index (χ0v) is 10.4. The van der Waals surface area contributed by atoms with E-state index in [2.05, 4.69) is 0 Å². The number of benzene rings is 1. The van der Waals surface area contributed by atoms with Gasteiger partial charge in [0.1, 0.15) is 0 Å². The highest BCUT2D eigenvalue weighted by molar-refractivity contribution is 7.95. The first-order valence-electron chi connectivity index (χ1n) is 4.72. The molecule has 0 bridgehead atoms. The maximum Gasteiger partial charge on any atom is 0.200 e. The summed E-state index contributed by atoms with van der Waals surface area (Å²) in [5.74, 6) is 0. The molecular weight excluding hydrogens is 248 g/mol. The van der Waals surface area contributed by atoms with E-state index >= 15 is 0 Å². The lowest BCUT2D eigenvalue weighted by molar-refractivity contribution is 0.144. The Labute approximate surface area is 99.3 Å². The van der Waals surface area contributed by atoms with Crippen LogP contribution in [0.4, 0.5) is 0 Å². The fraction of sp³-hybridized carbons (Fsp3) is 0.273. The monoisotopic (exact) mass is 258 g/mol. The van der Waals surface area contributed by atoms with Gasteiger partial charge in [0, 0.05) is 21.6 Å². The highest BCUT2D eigenvalue weighted by Crippen LogP contribution is 2.42. The maximum atomic E-state index is 11.8. The van der Waals surface area contributed by atoms with Crippen molar-refractivity contribution in [3.63, 3.8) is 0 Å². The van der Waals surface area contributed by atoms with E-state index in [0.717, 1.165) is 5.41 Å². The summed E-state index contributed by atoms with van der Waals surface area (Å²) in [5, 5.41) is 11.4. The lowest BCUT2D eigenvalue weighted by Gasteiger charge is -2.20. The Bertz CT molecular complexity index is 580. The van der Waals surface area contributed by atoms with E-state index in [-0.39, 0.29) is 4.90 Å². The first-order chi connectivity index (χ1) is 7.23. The third-order valence-corrected chi connectivity index (χ3v) is 4.30. The molecule has 1 heterocycles. The second-order valence-corrected chi connectivity index (χ2v) is 6.42. The molecule has 1 aromatic carbocycles. The van der Waals surface area contributed by atoms with Gasteiger partial charge in [-0.05, 0) is 26.0 Å². The van der Waals surface area contributed by atoms with Crippen LogP contribution in [0.2, 0.25) is 5.02 Å². The molecule has 0 saturated heterocycles. The van der Waals surface area contributed by atoms with Crippen LogP contribution in [0.25, 0.3) is 5.57 Å². The van der Waals surface area contributed by atoms with Crippen molar-refractivity contribution in [2.24, 2.45) is 0 Å². The molecule has 1 aliphatic rings. The van der Waals surface area contributed by atoms with Crippen LogP contribution in [-0.4, -0.2) is 19.1 Å². The van der Waals surface area contributed by atoms with Gasteiger partial charge in [0.15, 0.2) is 0 Å². The third kappa shape index (κ3) is 1.67. The van der Waals surface area contributed by atoms with Gasteiger partial charge < -0.3 is 5.11 Å². The van der Waals surface area contributed by atoms with Crippen LogP contribution >= 0.6 is 11.6 Å². The Kier molecular flexibility index (Phi) is 2.42. The summed E-state index contributed by atoms with van der Waals surface area (Å²) in [6.07, 6.45) is 0. The number of rotatable bonds is 1. The molecule has 0 unspecified atom stereocenters. The predicted molar refractivity (Wildman–Crippen MR) is 62.9 cm³/mol. The largest absolute Gasteiger partial charge is 0.386 e. The van der Waals surface area contributed by atoms with Gasteiger partial charge in [-0.25, -0.2) is 8.42 Å². The quantitative estimate of drug-likeness (QED) is 0.841. The van der Waals surface area contributed by atoms with E-state index in [0.29, 0.717) is 16.2 Å². The molecule has 0 fully saturated rings. The number of sulfone groups is 1. The predicted octanol–water partition coefficient (Wildman–Crippen LogP) is 2.24. The number of fused-ring (bicyclic) bond motifs is 1. The molecule has 0 amide bonds.